The summed E-state index contributed by atoms with van der Waals surface area (Å²) in [6, 6.07) is 2.08. The van der Waals surface area contributed by atoms with Crippen molar-refractivity contribution in [2.45, 2.75) is 12.6 Å². The summed E-state index contributed by atoms with van der Waals surface area (Å²) < 4.78 is 57.7. The fourth-order valence-corrected chi connectivity index (χ4v) is 2.30. The maximum atomic E-state index is 13.5. The van der Waals surface area contributed by atoms with E-state index in [0.717, 1.165) is 15.6 Å². The standard InChI is InChI=1S/C14H14F4N6O3.HI/c15-10-3-2-8(6-9(10)14(16,17)18)23-12(21-27-13(23)25)24-11(7-26-22-24)20-5-1-4-19;/h2-3,6-7,20,22H,1,4-5,19H2;1H. The van der Waals surface area contributed by atoms with Crippen molar-refractivity contribution in [1.29, 1.82) is 0 Å². The molecule has 28 heavy (non-hydrogen) atoms. The number of anilines is 1. The van der Waals surface area contributed by atoms with Crippen molar-refractivity contribution in [3.63, 3.8) is 0 Å². The molecule has 9 nitrogen and oxygen atoms in total. The van der Waals surface area contributed by atoms with Gasteiger partial charge in [-0.25, -0.2) is 13.8 Å². The average molecular weight is 518 g/mol. The van der Waals surface area contributed by atoms with Crippen LogP contribution < -0.4 is 27.4 Å². The molecule has 0 saturated heterocycles. The van der Waals surface area contributed by atoms with Gasteiger partial charge < -0.3 is 15.9 Å². The third kappa shape index (κ3) is 4.39. The molecule has 3 rings (SSSR count). The van der Waals surface area contributed by atoms with Crippen LogP contribution in [0.25, 0.3) is 5.69 Å². The molecular weight excluding hydrogens is 503 g/mol. The van der Waals surface area contributed by atoms with Gasteiger partial charge in [0.05, 0.1) is 11.3 Å². The number of aromatic nitrogens is 2. The fourth-order valence-electron chi connectivity index (χ4n) is 2.30. The molecule has 0 bridgehead atoms. The van der Waals surface area contributed by atoms with Gasteiger partial charge in [-0.15, -0.1) is 24.0 Å². The van der Waals surface area contributed by atoms with Crippen LogP contribution in [0.3, 0.4) is 0 Å². The third-order valence-electron chi connectivity index (χ3n) is 3.54. The van der Waals surface area contributed by atoms with Gasteiger partial charge in [-0.3, -0.25) is 4.52 Å². The highest BCUT2D eigenvalue weighted by atomic mass is 127. The minimum absolute atomic E-state index is 0. The van der Waals surface area contributed by atoms with Gasteiger partial charge in [-0.1, -0.05) is 5.59 Å². The Morgan fingerprint density at radius 2 is 2.07 bits per heavy atom. The zero-order chi connectivity index (χ0) is 19.6. The molecular formula is C14H15F4IN6O3. The fraction of sp³-hybridized carbons (Fsp3) is 0.286. The van der Waals surface area contributed by atoms with Crippen LogP contribution in [0.2, 0.25) is 0 Å². The second kappa shape index (κ2) is 8.78. The number of nitrogens with one attached hydrogen (secondary N) is 2. The average Bonchev–Trinajstić information content (AvgIpc) is 3.21. The summed E-state index contributed by atoms with van der Waals surface area (Å²) >= 11 is 0. The summed E-state index contributed by atoms with van der Waals surface area (Å²) in [5.74, 6) is -2.46. The number of nitrogens with zero attached hydrogens (tertiary/aromatic N) is 3. The summed E-state index contributed by atoms with van der Waals surface area (Å²) in [7, 11) is 0. The molecule has 1 aromatic carbocycles. The summed E-state index contributed by atoms with van der Waals surface area (Å²) in [4.78, 5) is 17.0. The Bertz CT molecular complexity index is 913. The van der Waals surface area contributed by atoms with E-state index >= 15 is 0 Å². The summed E-state index contributed by atoms with van der Waals surface area (Å²) in [5, 5.41) is 7.63. The van der Waals surface area contributed by atoms with Crippen molar-refractivity contribution < 1.29 is 26.9 Å². The molecule has 0 spiro atoms. The molecule has 0 aliphatic carbocycles. The Morgan fingerprint density at radius 1 is 1.32 bits per heavy atom. The van der Waals surface area contributed by atoms with Gasteiger partial charge in [0.2, 0.25) is 0 Å². The molecule has 154 valence electrons. The Balaban J connectivity index is 0.00000280. The third-order valence-corrected chi connectivity index (χ3v) is 3.54. The van der Waals surface area contributed by atoms with E-state index in [1.807, 2.05) is 0 Å². The van der Waals surface area contributed by atoms with Crippen molar-refractivity contribution in [3.05, 3.63) is 52.2 Å². The lowest BCUT2D eigenvalue weighted by atomic mass is 10.2. The molecule has 4 N–H and O–H groups in total. The SMILES string of the molecule is I.NCCCNC1=CONN1c1noc(=O)n1-c1ccc(F)c(C(F)(F)F)c1. The van der Waals surface area contributed by atoms with E-state index in [2.05, 4.69) is 20.6 Å². The zero-order valence-corrected chi connectivity index (χ0v) is 16.3. The van der Waals surface area contributed by atoms with Crippen LogP contribution in [-0.2, 0) is 11.0 Å². The molecule has 14 heteroatoms. The van der Waals surface area contributed by atoms with E-state index < -0.39 is 23.3 Å². The van der Waals surface area contributed by atoms with Crippen LogP contribution in [0, 0.1) is 5.82 Å². The number of rotatable bonds is 6. The van der Waals surface area contributed by atoms with Crippen molar-refractivity contribution >= 4 is 29.9 Å². The van der Waals surface area contributed by atoms with E-state index in [-0.39, 0.29) is 35.6 Å². The molecule has 0 saturated carbocycles. The van der Waals surface area contributed by atoms with Gasteiger partial charge in [-0.05, 0) is 36.3 Å². The van der Waals surface area contributed by atoms with Crippen LogP contribution in [0.4, 0.5) is 23.5 Å². The molecule has 2 heterocycles. The summed E-state index contributed by atoms with van der Waals surface area (Å²) in [5.41, 5.74) is 5.99. The number of nitrogens with two attached hydrogens (primary N) is 1. The molecule has 2 aromatic rings. The van der Waals surface area contributed by atoms with Crippen LogP contribution in [0.15, 0.2) is 39.6 Å². The first-order chi connectivity index (χ1) is 12.8. The van der Waals surface area contributed by atoms with Gasteiger partial charge in [0.25, 0.3) is 5.95 Å². The molecule has 0 amide bonds. The van der Waals surface area contributed by atoms with Gasteiger partial charge in [0.15, 0.2) is 12.1 Å². The normalized spacial score (nSPS) is 13.8. The number of benzene rings is 1. The predicted molar refractivity (Wildman–Crippen MR) is 98.9 cm³/mol. The Kier molecular flexibility index (Phi) is 6.89. The van der Waals surface area contributed by atoms with Crippen molar-refractivity contribution in [1.82, 2.24) is 20.6 Å². The Hall–Kier alpha value is -2.33. The molecule has 0 unspecified atom stereocenters. The number of hydrogen-bond donors (Lipinski definition) is 3. The smallest absolute Gasteiger partial charge is 0.392 e. The minimum Gasteiger partial charge on any atom is -0.392 e. The Labute approximate surface area is 172 Å². The topological polar surface area (TPSA) is 111 Å². The molecule has 0 radical (unpaired) electrons. The molecule has 1 aliphatic rings. The number of halogens is 5. The summed E-state index contributed by atoms with van der Waals surface area (Å²) in [6.45, 7) is 0.889. The van der Waals surface area contributed by atoms with E-state index in [1.54, 1.807) is 0 Å². The van der Waals surface area contributed by atoms with E-state index in [1.165, 1.54) is 6.26 Å². The van der Waals surface area contributed by atoms with Gasteiger partial charge >= 0.3 is 11.9 Å². The highest BCUT2D eigenvalue weighted by Gasteiger charge is 2.35. The van der Waals surface area contributed by atoms with Crippen molar-refractivity contribution in [2.24, 2.45) is 5.73 Å². The molecule has 0 atom stereocenters. The van der Waals surface area contributed by atoms with E-state index in [9.17, 15) is 22.4 Å². The highest BCUT2D eigenvalue weighted by Crippen LogP contribution is 2.33. The largest absolute Gasteiger partial charge is 0.447 e. The predicted octanol–water partition coefficient (Wildman–Crippen LogP) is 1.59. The first-order valence-corrected chi connectivity index (χ1v) is 7.64. The minimum atomic E-state index is -4.94. The van der Waals surface area contributed by atoms with Crippen molar-refractivity contribution in [2.75, 3.05) is 18.1 Å². The van der Waals surface area contributed by atoms with Gasteiger partial charge in [-0.2, -0.15) is 18.2 Å². The van der Waals surface area contributed by atoms with Crippen LogP contribution in [0.1, 0.15) is 12.0 Å². The van der Waals surface area contributed by atoms with Crippen LogP contribution in [-0.4, -0.2) is 22.8 Å². The summed E-state index contributed by atoms with van der Waals surface area (Å²) in [6.07, 6.45) is -3.06. The second-order valence-corrected chi connectivity index (χ2v) is 5.36. The van der Waals surface area contributed by atoms with Crippen LogP contribution >= 0.6 is 24.0 Å². The molecule has 0 fully saturated rings. The van der Waals surface area contributed by atoms with Crippen molar-refractivity contribution in [3.8, 4) is 5.69 Å². The first-order valence-electron chi connectivity index (χ1n) is 7.64. The zero-order valence-electron chi connectivity index (χ0n) is 14.0. The lowest BCUT2D eigenvalue weighted by Crippen LogP contribution is -2.39. The lowest BCUT2D eigenvalue weighted by Gasteiger charge is -2.19. The second-order valence-electron chi connectivity index (χ2n) is 5.36. The maximum absolute atomic E-state index is 13.5. The molecule has 1 aliphatic heterocycles. The Morgan fingerprint density at radius 3 is 2.75 bits per heavy atom. The number of hydrogen-bond acceptors (Lipinski definition) is 8. The first kappa shape index (κ1) is 22.0. The van der Waals surface area contributed by atoms with Crippen LogP contribution in [0.5, 0.6) is 0 Å². The maximum Gasteiger partial charge on any atom is 0.447 e. The number of alkyl halides is 3. The molecule has 1 aromatic heterocycles. The highest BCUT2D eigenvalue weighted by molar-refractivity contribution is 14.0. The van der Waals surface area contributed by atoms with Gasteiger partial charge in [0, 0.05) is 6.54 Å². The number of hydrazine groups is 1. The monoisotopic (exact) mass is 518 g/mol. The van der Waals surface area contributed by atoms with Gasteiger partial charge in [0.1, 0.15) is 5.82 Å². The van der Waals surface area contributed by atoms with E-state index in [0.29, 0.717) is 37.5 Å². The lowest BCUT2D eigenvalue weighted by molar-refractivity contribution is -0.140. The van der Waals surface area contributed by atoms with E-state index in [4.69, 9.17) is 10.6 Å². The quantitative estimate of drug-likeness (QED) is 0.301.